The minimum Gasteiger partial charge on any atom is -0.463 e. The lowest BCUT2D eigenvalue weighted by Crippen LogP contribution is -2.40. The molecule has 2 aliphatic rings. The number of nitriles is 1. The molecule has 142 valence electrons. The average molecular weight is 377 g/mol. The summed E-state index contributed by atoms with van der Waals surface area (Å²) < 4.78 is 5.34. The molecule has 0 aromatic carbocycles. The number of hydrogen-bond donors (Lipinski definition) is 3. The van der Waals surface area contributed by atoms with Gasteiger partial charge in [0.2, 0.25) is 0 Å². The van der Waals surface area contributed by atoms with Gasteiger partial charge in [0.15, 0.2) is 5.11 Å². The number of ether oxygens (including phenoxy) is 1. The van der Waals surface area contributed by atoms with Crippen LogP contribution in [0, 0.1) is 23.2 Å². The van der Waals surface area contributed by atoms with E-state index in [1.807, 2.05) is 6.92 Å². The number of esters is 1. The number of rotatable bonds is 5. The van der Waals surface area contributed by atoms with Crippen LogP contribution in [0.3, 0.4) is 0 Å². The summed E-state index contributed by atoms with van der Waals surface area (Å²) in [7, 11) is 0. The van der Waals surface area contributed by atoms with E-state index in [1.165, 1.54) is 12.8 Å². The SMILES string of the molecule is CCOC(=O)C1=C(CNC(N)=S)NC(C)=C(C#N)C1C1CCCCCC1. The molecule has 0 saturated heterocycles. The molecule has 1 aliphatic heterocycles. The molecule has 1 atom stereocenters. The van der Waals surface area contributed by atoms with E-state index >= 15 is 0 Å². The highest BCUT2D eigenvalue weighted by Crippen LogP contribution is 2.41. The maximum absolute atomic E-state index is 12.8. The summed E-state index contributed by atoms with van der Waals surface area (Å²) in [6.07, 6.45) is 6.71. The van der Waals surface area contributed by atoms with Gasteiger partial charge >= 0.3 is 5.97 Å². The summed E-state index contributed by atoms with van der Waals surface area (Å²) >= 11 is 4.90. The average Bonchev–Trinajstić information content (AvgIpc) is 2.88. The van der Waals surface area contributed by atoms with Crippen molar-refractivity contribution in [3.8, 4) is 6.07 Å². The van der Waals surface area contributed by atoms with Gasteiger partial charge in [0.05, 0.1) is 30.4 Å². The highest BCUT2D eigenvalue weighted by Gasteiger charge is 2.39. The van der Waals surface area contributed by atoms with Crippen LogP contribution < -0.4 is 16.4 Å². The molecule has 0 spiro atoms. The zero-order chi connectivity index (χ0) is 19.1. The maximum atomic E-state index is 12.8. The molecule has 0 amide bonds. The molecule has 0 radical (unpaired) electrons. The lowest BCUT2D eigenvalue weighted by Gasteiger charge is -2.34. The van der Waals surface area contributed by atoms with Crippen molar-refractivity contribution in [2.24, 2.45) is 17.6 Å². The Kier molecular flexibility index (Phi) is 7.46. The van der Waals surface area contributed by atoms with Gasteiger partial charge in [-0.25, -0.2) is 4.79 Å². The standard InChI is InChI=1S/C19H28N4O2S/c1-3-25-18(24)17-15(11-22-19(21)26)23-12(2)14(10-20)16(17)13-8-6-4-5-7-9-13/h13,16,23H,3-9,11H2,1-2H3,(H3,21,22,26). The van der Waals surface area contributed by atoms with E-state index in [4.69, 9.17) is 22.7 Å². The Bertz CT molecular complexity index is 655. The molecule has 26 heavy (non-hydrogen) atoms. The van der Waals surface area contributed by atoms with Crippen molar-refractivity contribution in [2.45, 2.75) is 52.4 Å². The third-order valence-corrected chi connectivity index (χ3v) is 5.26. The summed E-state index contributed by atoms with van der Waals surface area (Å²) in [6, 6.07) is 2.34. The minimum absolute atomic E-state index is 0.168. The summed E-state index contributed by atoms with van der Waals surface area (Å²) in [6.45, 7) is 4.27. The van der Waals surface area contributed by atoms with Gasteiger partial charge in [-0.2, -0.15) is 5.26 Å². The number of nitrogens with two attached hydrogens (primary N) is 1. The van der Waals surface area contributed by atoms with Gasteiger partial charge in [-0.1, -0.05) is 25.7 Å². The highest BCUT2D eigenvalue weighted by molar-refractivity contribution is 7.80. The summed E-state index contributed by atoms with van der Waals surface area (Å²) in [4.78, 5) is 12.8. The molecule has 7 heteroatoms. The largest absolute Gasteiger partial charge is 0.463 e. The van der Waals surface area contributed by atoms with E-state index in [2.05, 4.69) is 16.7 Å². The Morgan fingerprint density at radius 3 is 2.58 bits per heavy atom. The molecule has 1 heterocycles. The first-order valence-electron chi connectivity index (χ1n) is 9.30. The second kappa shape index (κ2) is 9.58. The number of hydrogen-bond acceptors (Lipinski definition) is 5. The molecule has 0 bridgehead atoms. The van der Waals surface area contributed by atoms with E-state index in [9.17, 15) is 10.1 Å². The van der Waals surface area contributed by atoms with E-state index in [1.54, 1.807) is 6.92 Å². The van der Waals surface area contributed by atoms with Gasteiger partial charge in [-0.3, -0.25) is 0 Å². The Hall–Kier alpha value is -2.07. The Labute approximate surface area is 160 Å². The third-order valence-electron chi connectivity index (χ3n) is 5.12. The summed E-state index contributed by atoms with van der Waals surface area (Å²) in [5.74, 6) is -0.334. The Morgan fingerprint density at radius 1 is 1.38 bits per heavy atom. The van der Waals surface area contributed by atoms with Crippen molar-refractivity contribution < 1.29 is 9.53 Å². The Morgan fingerprint density at radius 2 is 2.04 bits per heavy atom. The molecule has 0 aromatic rings. The van der Waals surface area contributed by atoms with Gasteiger partial charge < -0.3 is 21.1 Å². The highest BCUT2D eigenvalue weighted by atomic mass is 32.1. The zero-order valence-corrected chi connectivity index (χ0v) is 16.4. The van der Waals surface area contributed by atoms with Gasteiger partial charge in [-0.05, 0) is 44.8 Å². The molecular weight excluding hydrogens is 348 g/mol. The monoisotopic (exact) mass is 376 g/mol. The fraction of sp³-hybridized carbons (Fsp3) is 0.632. The van der Waals surface area contributed by atoms with Crippen LogP contribution in [-0.4, -0.2) is 24.2 Å². The molecule has 1 unspecified atom stereocenters. The van der Waals surface area contributed by atoms with Crippen LogP contribution in [0.2, 0.25) is 0 Å². The molecule has 4 N–H and O–H groups in total. The first kappa shape index (κ1) is 20.2. The Balaban J connectivity index is 2.48. The second-order valence-electron chi connectivity index (χ2n) is 6.84. The lowest BCUT2D eigenvalue weighted by atomic mass is 9.74. The third kappa shape index (κ3) is 4.76. The van der Waals surface area contributed by atoms with Crippen LogP contribution in [0.1, 0.15) is 52.4 Å². The molecule has 6 nitrogen and oxygen atoms in total. The first-order chi connectivity index (χ1) is 12.5. The van der Waals surface area contributed by atoms with E-state index < -0.39 is 0 Å². The molecule has 1 fully saturated rings. The topological polar surface area (TPSA) is 100 Å². The van der Waals surface area contributed by atoms with Gasteiger partial charge in [0.1, 0.15) is 0 Å². The fourth-order valence-electron chi connectivity index (χ4n) is 3.97. The molecule has 0 aromatic heterocycles. The zero-order valence-electron chi connectivity index (χ0n) is 15.6. The predicted molar refractivity (Wildman–Crippen MR) is 105 cm³/mol. The summed E-state index contributed by atoms with van der Waals surface area (Å²) in [5, 5.41) is 16.1. The molecule has 1 saturated carbocycles. The van der Waals surface area contributed by atoms with E-state index in [-0.39, 0.29) is 22.9 Å². The van der Waals surface area contributed by atoms with E-state index in [0.29, 0.717) is 30.0 Å². The van der Waals surface area contributed by atoms with Crippen LogP contribution in [0.25, 0.3) is 0 Å². The van der Waals surface area contributed by atoms with Crippen molar-refractivity contribution in [2.75, 3.05) is 13.2 Å². The van der Waals surface area contributed by atoms with Crippen LogP contribution in [0.4, 0.5) is 0 Å². The first-order valence-corrected chi connectivity index (χ1v) is 9.71. The van der Waals surface area contributed by atoms with Crippen LogP contribution in [0.15, 0.2) is 22.5 Å². The van der Waals surface area contributed by atoms with Crippen molar-refractivity contribution >= 4 is 23.3 Å². The van der Waals surface area contributed by atoms with Crippen molar-refractivity contribution in [3.63, 3.8) is 0 Å². The fourth-order valence-corrected chi connectivity index (χ4v) is 4.04. The minimum atomic E-state index is -0.366. The van der Waals surface area contributed by atoms with Gasteiger partial charge in [-0.15, -0.1) is 0 Å². The van der Waals surface area contributed by atoms with Gasteiger partial charge in [0, 0.05) is 17.3 Å². The van der Waals surface area contributed by atoms with Crippen LogP contribution in [0.5, 0.6) is 0 Å². The number of thiocarbonyl (C=S) groups is 1. The number of nitrogens with zero attached hydrogens (tertiary/aromatic N) is 1. The molecular formula is C19H28N4O2S. The number of carbonyl (C=O) groups is 1. The maximum Gasteiger partial charge on any atom is 0.336 e. The number of carbonyl (C=O) groups excluding carboxylic acids is 1. The summed E-state index contributed by atoms with van der Waals surface area (Å²) in [5.41, 5.74) is 8.23. The predicted octanol–water partition coefficient (Wildman–Crippen LogP) is 2.62. The molecule has 1 aliphatic carbocycles. The smallest absolute Gasteiger partial charge is 0.336 e. The quantitative estimate of drug-likeness (QED) is 0.385. The number of allylic oxidation sites excluding steroid dienone is 2. The van der Waals surface area contributed by atoms with Crippen molar-refractivity contribution in [1.29, 1.82) is 5.26 Å². The second-order valence-corrected chi connectivity index (χ2v) is 7.28. The normalized spacial score (nSPS) is 21.5. The van der Waals surface area contributed by atoms with Crippen LogP contribution >= 0.6 is 12.2 Å². The van der Waals surface area contributed by atoms with Crippen molar-refractivity contribution in [3.05, 3.63) is 22.5 Å². The van der Waals surface area contributed by atoms with Crippen LogP contribution in [-0.2, 0) is 9.53 Å². The number of nitrogens with one attached hydrogen (secondary N) is 2. The lowest BCUT2D eigenvalue weighted by molar-refractivity contribution is -0.139. The van der Waals surface area contributed by atoms with E-state index in [0.717, 1.165) is 31.4 Å². The number of dihydropyridines is 1. The van der Waals surface area contributed by atoms with Crippen molar-refractivity contribution in [1.82, 2.24) is 10.6 Å². The van der Waals surface area contributed by atoms with Gasteiger partial charge in [0.25, 0.3) is 0 Å². The molecule has 2 rings (SSSR count).